The summed E-state index contributed by atoms with van der Waals surface area (Å²) >= 11 is 9.56. The summed E-state index contributed by atoms with van der Waals surface area (Å²) < 4.78 is 12.6. The van der Waals surface area contributed by atoms with Crippen molar-refractivity contribution in [1.82, 2.24) is 5.43 Å². The first-order valence-electron chi connectivity index (χ1n) is 11.8. The molecule has 0 saturated carbocycles. The van der Waals surface area contributed by atoms with Crippen molar-refractivity contribution in [2.24, 2.45) is 5.10 Å². The molecular weight excluding hydrogens is 552 g/mol. The first-order valence-corrected chi connectivity index (χ1v) is 13.0. The summed E-state index contributed by atoms with van der Waals surface area (Å²) in [5.74, 6) is 0.464. The van der Waals surface area contributed by atoms with Gasteiger partial charge in [-0.15, -0.1) is 0 Å². The molecule has 7 heteroatoms. The Balaban J connectivity index is 1.50. The lowest BCUT2D eigenvalue weighted by atomic mass is 9.91. The van der Waals surface area contributed by atoms with Crippen LogP contribution in [0.3, 0.4) is 0 Å². The number of halogens is 2. The number of nitrogens with zero attached hydrogens (tertiary/aromatic N) is 1. The Bertz CT molecular complexity index is 1310. The molecule has 4 aromatic carbocycles. The van der Waals surface area contributed by atoms with Gasteiger partial charge in [0.1, 0.15) is 6.61 Å². The average Bonchev–Trinajstić information content (AvgIpc) is 2.91. The van der Waals surface area contributed by atoms with Crippen molar-refractivity contribution in [3.63, 3.8) is 0 Å². The SMILES string of the molecule is CCOc1cc(/C=N/NC(=O)C(c2ccccc2)c2ccccc2)cc(Br)c1OCc1ccc(Cl)cc1. The molecule has 4 rings (SSSR count). The zero-order chi connectivity index (χ0) is 26.0. The molecule has 5 nitrogen and oxygen atoms in total. The van der Waals surface area contributed by atoms with Crippen LogP contribution in [0.15, 0.2) is 107 Å². The van der Waals surface area contributed by atoms with Gasteiger partial charge >= 0.3 is 0 Å². The van der Waals surface area contributed by atoms with Gasteiger partial charge in [-0.05, 0) is 69.4 Å². The van der Waals surface area contributed by atoms with Crippen LogP contribution in [0.5, 0.6) is 11.5 Å². The largest absolute Gasteiger partial charge is 0.490 e. The third-order valence-corrected chi connectivity index (χ3v) is 6.39. The van der Waals surface area contributed by atoms with E-state index in [0.717, 1.165) is 22.3 Å². The summed E-state index contributed by atoms with van der Waals surface area (Å²) in [5.41, 5.74) is 6.21. The third kappa shape index (κ3) is 7.21. The molecule has 0 aliphatic carbocycles. The van der Waals surface area contributed by atoms with Gasteiger partial charge in [0.25, 0.3) is 5.91 Å². The summed E-state index contributed by atoms with van der Waals surface area (Å²) in [5, 5.41) is 4.91. The van der Waals surface area contributed by atoms with E-state index in [9.17, 15) is 4.79 Å². The van der Waals surface area contributed by atoms with E-state index in [2.05, 4.69) is 26.5 Å². The van der Waals surface area contributed by atoms with Gasteiger partial charge in [0.15, 0.2) is 11.5 Å². The molecule has 1 amide bonds. The minimum atomic E-state index is -0.478. The van der Waals surface area contributed by atoms with Crippen LogP contribution in [0, 0.1) is 0 Å². The van der Waals surface area contributed by atoms with Gasteiger partial charge in [-0.3, -0.25) is 4.79 Å². The number of hydrazone groups is 1. The van der Waals surface area contributed by atoms with Crippen molar-refractivity contribution in [2.45, 2.75) is 19.4 Å². The topological polar surface area (TPSA) is 59.9 Å². The van der Waals surface area contributed by atoms with Crippen LogP contribution in [0.4, 0.5) is 0 Å². The second-order valence-electron chi connectivity index (χ2n) is 8.17. The van der Waals surface area contributed by atoms with Crippen LogP contribution in [0.1, 0.15) is 35.1 Å². The van der Waals surface area contributed by atoms with Crippen molar-refractivity contribution in [1.29, 1.82) is 0 Å². The van der Waals surface area contributed by atoms with Gasteiger partial charge < -0.3 is 9.47 Å². The highest BCUT2D eigenvalue weighted by atomic mass is 79.9. The minimum Gasteiger partial charge on any atom is -0.490 e. The molecule has 0 fully saturated rings. The van der Waals surface area contributed by atoms with Crippen LogP contribution >= 0.6 is 27.5 Å². The van der Waals surface area contributed by atoms with Crippen molar-refractivity contribution in [3.05, 3.63) is 129 Å². The van der Waals surface area contributed by atoms with E-state index in [-0.39, 0.29) is 5.91 Å². The molecular formula is C30H26BrClN2O3. The molecule has 37 heavy (non-hydrogen) atoms. The van der Waals surface area contributed by atoms with E-state index in [1.807, 2.05) is 104 Å². The number of benzene rings is 4. The fraction of sp³-hybridized carbons (Fsp3) is 0.133. The zero-order valence-corrected chi connectivity index (χ0v) is 22.6. The van der Waals surface area contributed by atoms with Crippen molar-refractivity contribution < 1.29 is 14.3 Å². The van der Waals surface area contributed by atoms with E-state index in [0.29, 0.717) is 34.2 Å². The molecule has 0 bridgehead atoms. The maximum absolute atomic E-state index is 13.2. The fourth-order valence-electron chi connectivity index (χ4n) is 3.82. The highest BCUT2D eigenvalue weighted by molar-refractivity contribution is 9.10. The van der Waals surface area contributed by atoms with Crippen molar-refractivity contribution in [2.75, 3.05) is 6.61 Å². The van der Waals surface area contributed by atoms with E-state index < -0.39 is 5.92 Å². The summed E-state index contributed by atoms with van der Waals surface area (Å²) in [6, 6.07) is 30.5. The fourth-order valence-corrected chi connectivity index (χ4v) is 4.52. The molecule has 0 atom stereocenters. The van der Waals surface area contributed by atoms with E-state index in [1.54, 1.807) is 6.21 Å². The van der Waals surface area contributed by atoms with Gasteiger partial charge in [0.05, 0.1) is 23.2 Å². The highest BCUT2D eigenvalue weighted by Gasteiger charge is 2.22. The number of amides is 1. The molecule has 0 aliphatic heterocycles. The lowest BCUT2D eigenvalue weighted by molar-refractivity contribution is -0.121. The monoisotopic (exact) mass is 576 g/mol. The van der Waals surface area contributed by atoms with Crippen LogP contribution < -0.4 is 14.9 Å². The highest BCUT2D eigenvalue weighted by Crippen LogP contribution is 2.37. The maximum atomic E-state index is 13.2. The standard InChI is InChI=1S/C30H26BrClN2O3/c1-2-36-27-18-22(17-26(31)29(27)37-20-21-13-15-25(32)16-14-21)19-33-34-30(35)28(23-9-5-3-6-10-23)24-11-7-4-8-12-24/h3-19,28H,2,20H2,1H3,(H,34,35)/b33-19+. The average molecular weight is 578 g/mol. The predicted octanol–water partition coefficient (Wildman–Crippen LogP) is 7.36. The molecule has 0 spiro atoms. The normalized spacial score (nSPS) is 11.0. The van der Waals surface area contributed by atoms with Gasteiger partial charge in [0, 0.05) is 5.02 Å². The summed E-state index contributed by atoms with van der Waals surface area (Å²) in [6.45, 7) is 2.74. The molecule has 0 aromatic heterocycles. The maximum Gasteiger partial charge on any atom is 0.252 e. The molecule has 0 heterocycles. The lowest BCUT2D eigenvalue weighted by Crippen LogP contribution is -2.26. The third-order valence-electron chi connectivity index (χ3n) is 5.54. The van der Waals surface area contributed by atoms with Crippen molar-refractivity contribution >= 4 is 39.7 Å². The summed E-state index contributed by atoms with van der Waals surface area (Å²) in [6.07, 6.45) is 1.58. The number of carbonyl (C=O) groups is 1. The Kier molecular flexibility index (Phi) is 9.35. The van der Waals surface area contributed by atoms with Crippen LogP contribution in [-0.2, 0) is 11.4 Å². The molecule has 1 N–H and O–H groups in total. The molecule has 0 saturated heterocycles. The molecule has 188 valence electrons. The number of hydrogen-bond acceptors (Lipinski definition) is 4. The number of ether oxygens (including phenoxy) is 2. The van der Waals surface area contributed by atoms with Crippen LogP contribution in [0.2, 0.25) is 5.02 Å². The summed E-state index contributed by atoms with van der Waals surface area (Å²) in [7, 11) is 0. The predicted molar refractivity (Wildman–Crippen MR) is 152 cm³/mol. The number of nitrogens with one attached hydrogen (secondary N) is 1. The Morgan fingerprint density at radius 3 is 2.16 bits per heavy atom. The van der Waals surface area contributed by atoms with Gasteiger partial charge in [-0.1, -0.05) is 84.4 Å². The Hall–Kier alpha value is -3.61. The smallest absolute Gasteiger partial charge is 0.252 e. The first kappa shape index (κ1) is 26.5. The van der Waals surface area contributed by atoms with Gasteiger partial charge in [-0.25, -0.2) is 5.43 Å². The minimum absolute atomic E-state index is 0.222. The molecule has 4 aromatic rings. The quantitative estimate of drug-likeness (QED) is 0.158. The van der Waals surface area contributed by atoms with Crippen molar-refractivity contribution in [3.8, 4) is 11.5 Å². The Morgan fingerprint density at radius 1 is 0.946 bits per heavy atom. The van der Waals surface area contributed by atoms with E-state index in [1.165, 1.54) is 0 Å². The lowest BCUT2D eigenvalue weighted by Gasteiger charge is -2.16. The Morgan fingerprint density at radius 2 is 1.57 bits per heavy atom. The molecule has 0 unspecified atom stereocenters. The number of hydrogen-bond donors (Lipinski definition) is 1. The second-order valence-corrected chi connectivity index (χ2v) is 9.46. The number of carbonyl (C=O) groups excluding carboxylic acids is 1. The number of rotatable bonds is 10. The molecule has 0 radical (unpaired) electrons. The first-order chi connectivity index (χ1) is 18.0. The molecule has 0 aliphatic rings. The van der Waals surface area contributed by atoms with E-state index >= 15 is 0 Å². The van der Waals surface area contributed by atoms with Crippen LogP contribution in [-0.4, -0.2) is 18.7 Å². The Labute approximate surface area is 230 Å². The van der Waals surface area contributed by atoms with Gasteiger partial charge in [0.2, 0.25) is 0 Å². The summed E-state index contributed by atoms with van der Waals surface area (Å²) in [4.78, 5) is 13.2. The van der Waals surface area contributed by atoms with Crippen LogP contribution in [0.25, 0.3) is 0 Å². The zero-order valence-electron chi connectivity index (χ0n) is 20.2. The second kappa shape index (κ2) is 13.1. The van der Waals surface area contributed by atoms with E-state index in [4.69, 9.17) is 21.1 Å². The van der Waals surface area contributed by atoms with Gasteiger partial charge in [-0.2, -0.15) is 5.10 Å².